The van der Waals surface area contributed by atoms with Crippen LogP contribution in [0.3, 0.4) is 0 Å². The third-order valence-corrected chi connectivity index (χ3v) is 5.39. The van der Waals surface area contributed by atoms with E-state index >= 15 is 4.39 Å². The van der Waals surface area contributed by atoms with E-state index in [0.29, 0.717) is 10.9 Å². The normalized spacial score (nSPS) is 13.1. The van der Waals surface area contributed by atoms with Crippen LogP contribution in [-0.4, -0.2) is 15.4 Å². The zero-order valence-corrected chi connectivity index (χ0v) is 17.8. The minimum Gasteiger partial charge on any atom is -0.205 e. The van der Waals surface area contributed by atoms with Gasteiger partial charge in [-0.15, -0.1) is 10.2 Å². The second kappa shape index (κ2) is 7.57. The smallest absolute Gasteiger partial charge is 0.205 e. The lowest BCUT2D eigenvalue weighted by Crippen LogP contribution is -2.20. The van der Waals surface area contributed by atoms with Crippen LogP contribution in [0.1, 0.15) is 37.5 Å². The van der Waals surface area contributed by atoms with Crippen molar-refractivity contribution in [1.82, 2.24) is 15.4 Å². The first-order valence-electron chi connectivity index (χ1n) is 9.84. The Bertz CT molecular complexity index is 1430. The zero-order valence-electron chi connectivity index (χ0n) is 17.8. The Morgan fingerprint density at radius 2 is 1.35 bits per heavy atom. The summed E-state index contributed by atoms with van der Waals surface area (Å²) in [5.41, 5.74) is -6.85. The quantitative estimate of drug-likeness (QED) is 0.263. The van der Waals surface area contributed by atoms with Gasteiger partial charge in [-0.25, -0.2) is 8.78 Å². The Morgan fingerprint density at radius 1 is 0.735 bits per heavy atom. The first-order chi connectivity index (χ1) is 15.6. The number of rotatable bonds is 1. The maximum absolute atomic E-state index is 15.2. The number of hydrogen-bond acceptors (Lipinski definition) is 3. The van der Waals surface area contributed by atoms with Crippen molar-refractivity contribution in [2.45, 2.75) is 38.5 Å². The van der Waals surface area contributed by atoms with Crippen molar-refractivity contribution in [2.24, 2.45) is 0 Å². The van der Waals surface area contributed by atoms with Crippen LogP contribution in [0, 0.1) is 11.6 Å². The Hall–Kier alpha value is -3.37. The van der Waals surface area contributed by atoms with Crippen molar-refractivity contribution in [1.29, 1.82) is 0 Å². The minimum atomic E-state index is -5.75. The molecular weight excluding hydrogens is 470 g/mol. The molecule has 11 heteroatoms. The van der Waals surface area contributed by atoms with Gasteiger partial charge in [-0.05, 0) is 39.1 Å². The SMILES string of the molecule is CC(C)(C)c1cc(-c2nnnc3c(C(F)(F)F)c(F)c(C(F)(F)F)c(F)c23)cc2ccccc12. The predicted molar refractivity (Wildman–Crippen MR) is 109 cm³/mol. The van der Waals surface area contributed by atoms with Crippen LogP contribution in [0.2, 0.25) is 0 Å². The highest BCUT2D eigenvalue weighted by atomic mass is 19.4. The molecule has 178 valence electrons. The summed E-state index contributed by atoms with van der Waals surface area (Å²) in [5.74, 6) is -5.04. The Balaban J connectivity index is 2.21. The molecule has 0 aliphatic heterocycles. The van der Waals surface area contributed by atoms with Gasteiger partial charge in [0.15, 0.2) is 5.82 Å². The van der Waals surface area contributed by atoms with Gasteiger partial charge in [0, 0.05) is 5.56 Å². The van der Waals surface area contributed by atoms with Crippen molar-refractivity contribution in [3.63, 3.8) is 0 Å². The maximum atomic E-state index is 15.2. The molecule has 0 atom stereocenters. The van der Waals surface area contributed by atoms with E-state index in [4.69, 9.17) is 0 Å². The van der Waals surface area contributed by atoms with Crippen LogP contribution in [0.15, 0.2) is 36.4 Å². The topological polar surface area (TPSA) is 38.7 Å². The van der Waals surface area contributed by atoms with E-state index in [1.54, 1.807) is 24.3 Å². The van der Waals surface area contributed by atoms with Crippen LogP contribution >= 0.6 is 0 Å². The number of aromatic nitrogens is 3. The summed E-state index contributed by atoms with van der Waals surface area (Å²) in [6.07, 6.45) is -11.4. The molecule has 0 spiro atoms. The summed E-state index contributed by atoms with van der Waals surface area (Å²) in [6.45, 7) is 5.57. The molecule has 1 aromatic heterocycles. The molecule has 3 nitrogen and oxygen atoms in total. The highest BCUT2D eigenvalue weighted by molar-refractivity contribution is 5.98. The summed E-state index contributed by atoms with van der Waals surface area (Å²) < 4.78 is 111. The van der Waals surface area contributed by atoms with Gasteiger partial charge in [0.1, 0.15) is 28.2 Å². The zero-order chi connectivity index (χ0) is 25.2. The third-order valence-electron chi connectivity index (χ3n) is 5.39. The van der Waals surface area contributed by atoms with Crippen molar-refractivity contribution in [2.75, 3.05) is 0 Å². The number of hydrogen-bond donors (Lipinski definition) is 0. The molecule has 34 heavy (non-hydrogen) atoms. The molecule has 0 aliphatic carbocycles. The van der Waals surface area contributed by atoms with E-state index in [9.17, 15) is 30.7 Å². The first-order valence-corrected chi connectivity index (χ1v) is 9.84. The van der Waals surface area contributed by atoms with Gasteiger partial charge in [-0.2, -0.15) is 26.3 Å². The van der Waals surface area contributed by atoms with Crippen LogP contribution < -0.4 is 0 Å². The summed E-state index contributed by atoms with van der Waals surface area (Å²) in [4.78, 5) is 0. The van der Waals surface area contributed by atoms with Gasteiger partial charge < -0.3 is 0 Å². The van der Waals surface area contributed by atoms with Crippen LogP contribution in [0.4, 0.5) is 35.1 Å². The summed E-state index contributed by atoms with van der Waals surface area (Å²) in [7, 11) is 0. The van der Waals surface area contributed by atoms with Gasteiger partial charge in [0.05, 0.1) is 5.39 Å². The molecule has 0 bridgehead atoms. The second-order valence-corrected chi connectivity index (χ2v) is 8.73. The average molecular weight is 485 g/mol. The molecule has 4 rings (SSSR count). The molecule has 0 unspecified atom stereocenters. The van der Waals surface area contributed by atoms with Gasteiger partial charge in [0.2, 0.25) is 0 Å². The van der Waals surface area contributed by atoms with Crippen LogP contribution in [0.5, 0.6) is 0 Å². The van der Waals surface area contributed by atoms with Crippen molar-refractivity contribution < 1.29 is 35.1 Å². The molecule has 0 amide bonds. The summed E-state index contributed by atoms with van der Waals surface area (Å²) in [6, 6.07) is 9.88. The van der Waals surface area contributed by atoms with E-state index in [0.717, 1.165) is 5.39 Å². The van der Waals surface area contributed by atoms with Gasteiger partial charge in [-0.1, -0.05) is 45.0 Å². The summed E-state index contributed by atoms with van der Waals surface area (Å²) >= 11 is 0. The predicted octanol–water partition coefficient (Wildman–Crippen LogP) is 7.46. The average Bonchev–Trinajstić information content (AvgIpc) is 2.69. The Kier molecular flexibility index (Phi) is 5.30. The van der Waals surface area contributed by atoms with Crippen molar-refractivity contribution in [3.05, 3.63) is 64.7 Å². The third kappa shape index (κ3) is 3.82. The maximum Gasteiger partial charge on any atom is 0.422 e. The van der Waals surface area contributed by atoms with Crippen LogP contribution in [0.25, 0.3) is 32.9 Å². The molecule has 0 saturated carbocycles. The lowest BCUT2D eigenvalue weighted by Gasteiger charge is -2.23. The lowest BCUT2D eigenvalue weighted by molar-refractivity contribution is -0.148. The van der Waals surface area contributed by atoms with Gasteiger partial charge in [0.25, 0.3) is 0 Å². The molecule has 0 fully saturated rings. The molecule has 0 N–H and O–H groups in total. The molecule has 0 aliphatic rings. The Labute approximate surface area is 187 Å². The largest absolute Gasteiger partial charge is 0.422 e. The fourth-order valence-electron chi connectivity index (χ4n) is 3.93. The highest BCUT2D eigenvalue weighted by Crippen LogP contribution is 2.46. The van der Waals surface area contributed by atoms with Gasteiger partial charge in [-0.3, -0.25) is 0 Å². The van der Waals surface area contributed by atoms with Crippen molar-refractivity contribution >= 4 is 21.7 Å². The number of fused-ring (bicyclic) bond motifs is 2. The van der Waals surface area contributed by atoms with Gasteiger partial charge >= 0.3 is 12.4 Å². The van der Waals surface area contributed by atoms with Crippen LogP contribution in [-0.2, 0) is 17.8 Å². The first kappa shape index (κ1) is 23.8. The Morgan fingerprint density at radius 3 is 1.94 bits per heavy atom. The molecule has 0 saturated heterocycles. The van der Waals surface area contributed by atoms with E-state index < -0.39 is 57.1 Å². The molecule has 1 heterocycles. The van der Waals surface area contributed by atoms with E-state index in [1.165, 1.54) is 12.1 Å². The molecule has 3 aromatic carbocycles. The monoisotopic (exact) mass is 485 g/mol. The number of halogens is 8. The molecule has 0 radical (unpaired) electrons. The van der Waals surface area contributed by atoms with E-state index in [-0.39, 0.29) is 5.56 Å². The summed E-state index contributed by atoms with van der Waals surface area (Å²) in [5, 5.41) is 10.0. The fourth-order valence-corrected chi connectivity index (χ4v) is 3.93. The number of nitrogens with zero attached hydrogens (tertiary/aromatic N) is 3. The fraction of sp³-hybridized carbons (Fsp3) is 0.261. The molecule has 4 aromatic rings. The minimum absolute atomic E-state index is 0.00952. The lowest BCUT2D eigenvalue weighted by atomic mass is 9.82. The second-order valence-electron chi connectivity index (χ2n) is 8.73. The van der Waals surface area contributed by atoms with Crippen molar-refractivity contribution in [3.8, 4) is 11.3 Å². The number of benzene rings is 3. The highest BCUT2D eigenvalue weighted by Gasteiger charge is 2.47. The molecular formula is C23H15F8N3. The number of alkyl halides is 6. The van der Waals surface area contributed by atoms with E-state index in [1.807, 2.05) is 20.8 Å². The standard InChI is InChI=1S/C23H15F8N3/c1-21(2,3)13-9-11(8-10-6-4-5-7-12(10)13)19-14-17(24)15(22(26,27)28)18(25)16(23(29,30)31)20(14)33-34-32-19/h4-9H,1-3H3. The van der Waals surface area contributed by atoms with E-state index in [2.05, 4.69) is 15.4 Å².